The van der Waals surface area contributed by atoms with Gasteiger partial charge >= 0.3 is 0 Å². The molecule has 0 N–H and O–H groups in total. The van der Waals surface area contributed by atoms with E-state index in [2.05, 4.69) is 38.3 Å². The molecule has 2 rings (SSSR count). The van der Waals surface area contributed by atoms with Gasteiger partial charge in [0, 0.05) is 19.9 Å². The van der Waals surface area contributed by atoms with Gasteiger partial charge in [0.15, 0.2) is 0 Å². The van der Waals surface area contributed by atoms with Crippen LogP contribution in [-0.2, 0) is 6.42 Å². The zero-order valence-electron chi connectivity index (χ0n) is 8.76. The van der Waals surface area contributed by atoms with Crippen LogP contribution < -0.4 is 0 Å². The Hall–Kier alpha value is -0.470. The molecule has 0 unspecified atom stereocenters. The van der Waals surface area contributed by atoms with Crippen LogP contribution >= 0.6 is 23.1 Å². The largest absolute Gasteiger partial charge is 0.141 e. The lowest BCUT2D eigenvalue weighted by Crippen LogP contribution is -1.80. The van der Waals surface area contributed by atoms with Crippen LogP contribution in [0.3, 0.4) is 0 Å². The van der Waals surface area contributed by atoms with Gasteiger partial charge in [0.2, 0.25) is 0 Å². The lowest BCUT2D eigenvalue weighted by molar-refractivity contribution is 1.14. The molecule has 1 aromatic heterocycles. The summed E-state index contributed by atoms with van der Waals surface area (Å²) in [7, 11) is 0. The van der Waals surface area contributed by atoms with Crippen molar-refractivity contribution >= 4 is 33.2 Å². The van der Waals surface area contributed by atoms with Crippen molar-refractivity contribution in [3.05, 3.63) is 28.6 Å². The first-order valence-corrected chi connectivity index (χ1v) is 6.85. The van der Waals surface area contributed by atoms with Gasteiger partial charge in [-0.3, -0.25) is 0 Å². The highest BCUT2D eigenvalue weighted by Crippen LogP contribution is 2.33. The van der Waals surface area contributed by atoms with Crippen LogP contribution in [0, 0.1) is 6.92 Å². The predicted octanol–water partition coefficient (Wildman–Crippen LogP) is 4.49. The topological polar surface area (TPSA) is 0 Å². The van der Waals surface area contributed by atoms with E-state index in [0.717, 1.165) is 6.42 Å². The Morgan fingerprint density at radius 2 is 2.07 bits per heavy atom. The molecule has 0 saturated heterocycles. The summed E-state index contributed by atoms with van der Waals surface area (Å²) in [6.45, 7) is 4.39. The fourth-order valence-corrected chi connectivity index (χ4v) is 3.40. The molecule has 14 heavy (non-hydrogen) atoms. The molecule has 0 amide bonds. The molecule has 0 bridgehead atoms. The van der Waals surface area contributed by atoms with E-state index in [-0.39, 0.29) is 0 Å². The first-order chi connectivity index (χ1) is 6.74. The van der Waals surface area contributed by atoms with Gasteiger partial charge in [-0.15, -0.1) is 23.1 Å². The monoisotopic (exact) mass is 222 g/mol. The van der Waals surface area contributed by atoms with Gasteiger partial charge in [-0.25, -0.2) is 0 Å². The molecule has 2 heteroatoms. The van der Waals surface area contributed by atoms with E-state index in [9.17, 15) is 0 Å². The molecular formula is C12H14S2. The van der Waals surface area contributed by atoms with Crippen molar-refractivity contribution in [2.45, 2.75) is 25.2 Å². The van der Waals surface area contributed by atoms with E-state index >= 15 is 0 Å². The van der Waals surface area contributed by atoms with Crippen molar-refractivity contribution in [2.24, 2.45) is 0 Å². The van der Waals surface area contributed by atoms with Crippen LogP contribution in [0.2, 0.25) is 0 Å². The minimum absolute atomic E-state index is 1.13. The maximum absolute atomic E-state index is 2.33. The summed E-state index contributed by atoms with van der Waals surface area (Å²) in [6, 6.07) is 6.94. The van der Waals surface area contributed by atoms with E-state index in [1.54, 1.807) is 0 Å². The second-order valence-corrected chi connectivity index (χ2v) is 5.56. The van der Waals surface area contributed by atoms with Gasteiger partial charge in [0.05, 0.1) is 0 Å². The van der Waals surface area contributed by atoms with E-state index in [0.29, 0.717) is 0 Å². The summed E-state index contributed by atoms with van der Waals surface area (Å²) in [5.74, 6) is 0. The van der Waals surface area contributed by atoms with E-state index in [1.807, 2.05) is 23.1 Å². The Balaban J connectivity index is 2.72. The van der Waals surface area contributed by atoms with Crippen LogP contribution in [0.15, 0.2) is 23.1 Å². The number of fused-ring (bicyclic) bond motifs is 1. The molecule has 0 aliphatic heterocycles. The molecule has 2 aromatic rings. The number of hydrogen-bond acceptors (Lipinski definition) is 2. The third-order valence-corrected chi connectivity index (χ3v) is 4.19. The summed E-state index contributed by atoms with van der Waals surface area (Å²) >= 11 is 3.75. The van der Waals surface area contributed by atoms with Crippen LogP contribution in [-0.4, -0.2) is 6.26 Å². The molecule has 1 heterocycles. The molecule has 0 radical (unpaired) electrons. The number of benzene rings is 1. The summed E-state index contributed by atoms with van der Waals surface area (Å²) < 4.78 is 1.44. The Morgan fingerprint density at radius 3 is 2.71 bits per heavy atom. The van der Waals surface area contributed by atoms with Gasteiger partial charge in [0.1, 0.15) is 0 Å². The normalized spacial score (nSPS) is 11.1. The maximum Gasteiger partial charge on any atom is 0.0359 e. The molecule has 1 aromatic carbocycles. The molecule has 0 nitrogen and oxygen atoms in total. The maximum atomic E-state index is 2.33. The SMILES string of the molecule is CCc1cc(SC)c2cc(C)sc2c1. The molecular weight excluding hydrogens is 208 g/mol. The number of thiophene rings is 1. The lowest BCUT2D eigenvalue weighted by Gasteiger charge is -2.02. The van der Waals surface area contributed by atoms with Crippen LogP contribution in [0.1, 0.15) is 17.4 Å². The minimum atomic E-state index is 1.13. The van der Waals surface area contributed by atoms with Crippen molar-refractivity contribution < 1.29 is 0 Å². The molecule has 0 spiro atoms. The van der Waals surface area contributed by atoms with Crippen molar-refractivity contribution in [3.8, 4) is 0 Å². The Morgan fingerprint density at radius 1 is 1.29 bits per heavy atom. The van der Waals surface area contributed by atoms with Crippen LogP contribution in [0.4, 0.5) is 0 Å². The zero-order valence-corrected chi connectivity index (χ0v) is 10.4. The van der Waals surface area contributed by atoms with Crippen LogP contribution in [0.5, 0.6) is 0 Å². The predicted molar refractivity (Wildman–Crippen MR) is 67.7 cm³/mol. The van der Waals surface area contributed by atoms with Crippen molar-refractivity contribution in [1.29, 1.82) is 0 Å². The number of hydrogen-bond donors (Lipinski definition) is 0. The van der Waals surface area contributed by atoms with E-state index in [1.165, 1.54) is 25.4 Å². The first-order valence-electron chi connectivity index (χ1n) is 4.81. The first kappa shape index (κ1) is 10.1. The Kier molecular flexibility index (Phi) is 2.84. The number of rotatable bonds is 2. The number of thioether (sulfide) groups is 1. The molecule has 0 aliphatic rings. The molecule has 0 aliphatic carbocycles. The molecule has 0 fully saturated rings. The van der Waals surface area contributed by atoms with Crippen molar-refractivity contribution in [1.82, 2.24) is 0 Å². The highest BCUT2D eigenvalue weighted by atomic mass is 32.2. The second-order valence-electron chi connectivity index (χ2n) is 3.42. The van der Waals surface area contributed by atoms with Gasteiger partial charge in [-0.05, 0) is 43.4 Å². The summed E-state index contributed by atoms with van der Waals surface area (Å²) in [4.78, 5) is 2.83. The highest BCUT2D eigenvalue weighted by molar-refractivity contribution is 7.98. The Bertz CT molecular complexity index is 455. The fraction of sp³-hybridized carbons (Fsp3) is 0.333. The van der Waals surface area contributed by atoms with Gasteiger partial charge < -0.3 is 0 Å². The van der Waals surface area contributed by atoms with Crippen molar-refractivity contribution in [3.63, 3.8) is 0 Å². The zero-order chi connectivity index (χ0) is 10.1. The van der Waals surface area contributed by atoms with Crippen molar-refractivity contribution in [2.75, 3.05) is 6.26 Å². The summed E-state index contributed by atoms with van der Waals surface area (Å²) in [5.41, 5.74) is 1.45. The average molecular weight is 222 g/mol. The smallest absolute Gasteiger partial charge is 0.0359 e. The van der Waals surface area contributed by atoms with Crippen LogP contribution in [0.25, 0.3) is 10.1 Å². The summed E-state index contributed by atoms with van der Waals surface area (Å²) in [5, 5.41) is 1.43. The number of aryl methyl sites for hydroxylation is 2. The lowest BCUT2D eigenvalue weighted by atomic mass is 10.1. The fourth-order valence-electron chi connectivity index (χ4n) is 1.66. The highest BCUT2D eigenvalue weighted by Gasteiger charge is 2.05. The molecule has 0 atom stereocenters. The quantitative estimate of drug-likeness (QED) is 0.674. The third-order valence-electron chi connectivity index (χ3n) is 2.41. The molecule has 0 saturated carbocycles. The van der Waals surface area contributed by atoms with Gasteiger partial charge in [-0.1, -0.05) is 6.92 Å². The van der Waals surface area contributed by atoms with E-state index < -0.39 is 0 Å². The third kappa shape index (κ3) is 1.69. The standard InChI is InChI=1S/C12H14S2/c1-4-9-6-11(13-3)10-5-8(2)14-12(10)7-9/h5-7H,4H2,1-3H3. The summed E-state index contributed by atoms with van der Waals surface area (Å²) in [6.07, 6.45) is 3.28. The average Bonchev–Trinajstić information content (AvgIpc) is 2.56. The molecule has 74 valence electrons. The van der Waals surface area contributed by atoms with Gasteiger partial charge in [-0.2, -0.15) is 0 Å². The van der Waals surface area contributed by atoms with E-state index in [4.69, 9.17) is 0 Å². The van der Waals surface area contributed by atoms with Gasteiger partial charge in [0.25, 0.3) is 0 Å². The second kappa shape index (κ2) is 3.95. The Labute approximate surface area is 93.3 Å². The minimum Gasteiger partial charge on any atom is -0.141 e.